The van der Waals surface area contributed by atoms with Crippen molar-refractivity contribution in [2.24, 2.45) is 0 Å². The van der Waals surface area contributed by atoms with E-state index in [0.29, 0.717) is 45.1 Å². The Balaban J connectivity index is 1.22. The molecule has 1 saturated carbocycles. The number of rotatable bonds is 4. The van der Waals surface area contributed by atoms with Crippen LogP contribution in [0.5, 0.6) is 0 Å². The Hall–Kier alpha value is -2.13. The van der Waals surface area contributed by atoms with Crippen LogP contribution < -0.4 is 10.6 Å². The van der Waals surface area contributed by atoms with Crippen molar-refractivity contribution < 1.29 is 19.1 Å². The average molecular weight is 432 g/mol. The molecule has 0 unspecified atom stereocenters. The molecule has 0 aromatic carbocycles. The van der Waals surface area contributed by atoms with Gasteiger partial charge < -0.3 is 29.6 Å². The van der Waals surface area contributed by atoms with Gasteiger partial charge in [0.2, 0.25) is 0 Å². The van der Waals surface area contributed by atoms with Crippen LogP contribution in [0.2, 0.25) is 0 Å². The molecule has 0 radical (unpaired) electrons. The molecule has 1 aromatic heterocycles. The molecule has 1 spiro atoms. The fourth-order valence-corrected chi connectivity index (χ4v) is 5.42. The molecule has 0 bridgehead atoms. The summed E-state index contributed by atoms with van der Waals surface area (Å²) in [4.78, 5) is 32.0. The third-order valence-electron chi connectivity index (χ3n) is 7.21. The second-order valence-corrected chi connectivity index (χ2v) is 9.30. The minimum atomic E-state index is -0.627. The number of carbonyl (C=O) groups is 2. The number of fused-ring (bicyclic) bond motifs is 2. The molecule has 2 saturated heterocycles. The number of ether oxygens (including phenoxy) is 2. The molecule has 4 heterocycles. The highest BCUT2D eigenvalue weighted by Crippen LogP contribution is 2.40. The lowest BCUT2D eigenvalue weighted by atomic mass is 9.88. The molecule has 3 fully saturated rings. The Bertz CT molecular complexity index is 792. The molecule has 31 heavy (non-hydrogen) atoms. The van der Waals surface area contributed by atoms with Gasteiger partial charge in [-0.25, -0.2) is 9.78 Å². The molecular weight excluding hydrogens is 398 g/mol. The first-order chi connectivity index (χ1) is 15.1. The lowest BCUT2D eigenvalue weighted by Crippen LogP contribution is -2.56. The maximum absolute atomic E-state index is 12.9. The fraction of sp³-hybridized carbons (Fsp3) is 0.773. The van der Waals surface area contributed by atoms with E-state index >= 15 is 0 Å². The maximum atomic E-state index is 12.9. The van der Waals surface area contributed by atoms with Crippen molar-refractivity contribution in [2.45, 2.75) is 81.8 Å². The minimum absolute atomic E-state index is 0.0201. The van der Waals surface area contributed by atoms with E-state index in [1.165, 1.54) is 12.8 Å². The Kier molecular flexibility index (Phi) is 5.88. The molecule has 9 heteroatoms. The van der Waals surface area contributed by atoms with Crippen LogP contribution in [-0.4, -0.2) is 70.9 Å². The number of hydrogen-bond acceptors (Lipinski definition) is 5. The molecule has 9 nitrogen and oxygen atoms in total. The van der Waals surface area contributed by atoms with Crippen molar-refractivity contribution in [1.82, 2.24) is 25.1 Å². The molecule has 5 rings (SSSR count). The number of aromatic nitrogens is 2. The molecule has 1 aromatic rings. The lowest BCUT2D eigenvalue weighted by molar-refractivity contribution is -0.172. The van der Waals surface area contributed by atoms with E-state index in [4.69, 9.17) is 9.47 Å². The van der Waals surface area contributed by atoms with Crippen molar-refractivity contribution >= 4 is 11.9 Å². The summed E-state index contributed by atoms with van der Waals surface area (Å²) >= 11 is 0. The zero-order valence-corrected chi connectivity index (χ0v) is 18.1. The summed E-state index contributed by atoms with van der Waals surface area (Å²) in [5, 5.41) is 6.18. The first-order valence-electron chi connectivity index (χ1n) is 11.8. The third kappa shape index (κ3) is 4.30. The number of carbonyl (C=O) groups excluding carboxylic acids is 2. The van der Waals surface area contributed by atoms with Gasteiger partial charge >= 0.3 is 6.03 Å². The predicted molar refractivity (Wildman–Crippen MR) is 112 cm³/mol. The minimum Gasteiger partial charge on any atom is -0.376 e. The molecular formula is C22H33N5O4. The number of nitrogens with one attached hydrogen (secondary N) is 2. The van der Waals surface area contributed by atoms with Crippen molar-refractivity contribution in [1.29, 1.82) is 0 Å². The number of nitrogens with zero attached hydrogens (tertiary/aromatic N) is 3. The number of likely N-dealkylation sites (tertiary alicyclic amines) is 1. The van der Waals surface area contributed by atoms with Crippen molar-refractivity contribution in [3.05, 3.63) is 18.2 Å². The zero-order chi connectivity index (χ0) is 21.3. The lowest BCUT2D eigenvalue weighted by Gasteiger charge is -2.45. The van der Waals surface area contributed by atoms with Crippen LogP contribution in [-0.2, 0) is 26.4 Å². The van der Waals surface area contributed by atoms with Gasteiger partial charge in [-0.2, -0.15) is 0 Å². The monoisotopic (exact) mass is 431 g/mol. The molecule has 4 aliphatic rings. The molecule has 3 aliphatic heterocycles. The van der Waals surface area contributed by atoms with Gasteiger partial charge in [0.1, 0.15) is 11.4 Å². The van der Waals surface area contributed by atoms with Crippen molar-refractivity contribution in [3.63, 3.8) is 0 Å². The van der Waals surface area contributed by atoms with Crippen LogP contribution in [0.3, 0.4) is 0 Å². The number of piperidine rings is 1. The van der Waals surface area contributed by atoms with Gasteiger partial charge in [0, 0.05) is 57.5 Å². The van der Waals surface area contributed by atoms with Crippen LogP contribution in [0.15, 0.2) is 12.4 Å². The molecule has 3 amide bonds. The van der Waals surface area contributed by atoms with Crippen LogP contribution in [0.1, 0.15) is 57.2 Å². The highest BCUT2D eigenvalue weighted by atomic mass is 16.5. The summed E-state index contributed by atoms with van der Waals surface area (Å²) in [7, 11) is 0. The predicted octanol–water partition coefficient (Wildman–Crippen LogP) is 1.52. The highest BCUT2D eigenvalue weighted by molar-refractivity contribution is 5.81. The molecule has 2 N–H and O–H groups in total. The Morgan fingerprint density at radius 1 is 1.16 bits per heavy atom. The topological polar surface area (TPSA) is 97.7 Å². The Morgan fingerprint density at radius 3 is 2.71 bits per heavy atom. The molecule has 2 atom stereocenters. The normalized spacial score (nSPS) is 27.9. The maximum Gasteiger partial charge on any atom is 0.317 e. The van der Waals surface area contributed by atoms with E-state index in [-0.39, 0.29) is 18.0 Å². The van der Waals surface area contributed by atoms with Crippen LogP contribution in [0.25, 0.3) is 0 Å². The first-order valence-corrected chi connectivity index (χ1v) is 11.8. The van der Waals surface area contributed by atoms with Gasteiger partial charge in [-0.15, -0.1) is 0 Å². The van der Waals surface area contributed by atoms with Gasteiger partial charge in [-0.05, 0) is 25.7 Å². The highest BCUT2D eigenvalue weighted by Gasteiger charge is 2.47. The summed E-state index contributed by atoms with van der Waals surface area (Å²) in [6.45, 7) is 2.94. The van der Waals surface area contributed by atoms with Crippen LogP contribution in [0, 0.1) is 0 Å². The van der Waals surface area contributed by atoms with Crippen molar-refractivity contribution in [2.75, 3.05) is 26.2 Å². The SMILES string of the molecule is O=C(NC[C@H]1CCCO1)[C@H]1Cn2ccnc2C2(CCN(C(=O)NC3CCCC3)CC2)O1. The largest absolute Gasteiger partial charge is 0.376 e. The second-order valence-electron chi connectivity index (χ2n) is 9.30. The standard InChI is InChI=1S/C22H33N5O4/c28-19(24-14-17-6-3-13-30-17)18-15-27-12-9-23-20(27)22(31-18)7-10-26(11-8-22)21(29)25-16-4-1-2-5-16/h9,12,16-18H,1-8,10-11,13-15H2,(H,24,28)(H,25,29)/t17-,18-/m1/s1. The first kappa shape index (κ1) is 20.8. The van der Waals surface area contributed by atoms with Gasteiger partial charge in [-0.3, -0.25) is 4.79 Å². The summed E-state index contributed by atoms with van der Waals surface area (Å²) in [6.07, 6.45) is 11.1. The van der Waals surface area contributed by atoms with E-state index < -0.39 is 11.7 Å². The van der Waals surface area contributed by atoms with Gasteiger partial charge in [0.25, 0.3) is 5.91 Å². The van der Waals surface area contributed by atoms with Gasteiger partial charge in [-0.1, -0.05) is 12.8 Å². The average Bonchev–Trinajstić information content (AvgIpc) is 3.55. The van der Waals surface area contributed by atoms with Crippen LogP contribution >= 0.6 is 0 Å². The quantitative estimate of drug-likeness (QED) is 0.753. The fourth-order valence-electron chi connectivity index (χ4n) is 5.42. The summed E-state index contributed by atoms with van der Waals surface area (Å²) in [5.74, 6) is 0.766. The van der Waals surface area contributed by atoms with Gasteiger partial charge in [0.05, 0.1) is 12.6 Å². The van der Waals surface area contributed by atoms with E-state index in [1.807, 2.05) is 15.7 Å². The van der Waals surface area contributed by atoms with E-state index in [9.17, 15) is 9.59 Å². The number of imidazole rings is 1. The summed E-state index contributed by atoms with van der Waals surface area (Å²) < 4.78 is 14.1. The Labute approximate surface area is 182 Å². The summed E-state index contributed by atoms with van der Waals surface area (Å²) in [5.41, 5.74) is -0.627. The zero-order valence-electron chi connectivity index (χ0n) is 18.1. The summed E-state index contributed by atoms with van der Waals surface area (Å²) in [6, 6.07) is 0.330. The number of hydrogen-bond donors (Lipinski definition) is 2. The molecule has 1 aliphatic carbocycles. The Morgan fingerprint density at radius 2 is 1.97 bits per heavy atom. The number of amides is 3. The smallest absolute Gasteiger partial charge is 0.317 e. The van der Waals surface area contributed by atoms with Crippen molar-refractivity contribution in [3.8, 4) is 0 Å². The van der Waals surface area contributed by atoms with E-state index in [0.717, 1.165) is 38.1 Å². The van der Waals surface area contributed by atoms with Crippen LogP contribution in [0.4, 0.5) is 4.79 Å². The second kappa shape index (κ2) is 8.78. The number of urea groups is 1. The third-order valence-corrected chi connectivity index (χ3v) is 7.21. The van der Waals surface area contributed by atoms with E-state index in [2.05, 4.69) is 15.6 Å². The van der Waals surface area contributed by atoms with Gasteiger partial charge in [0.15, 0.2) is 6.10 Å². The van der Waals surface area contributed by atoms with E-state index in [1.54, 1.807) is 6.20 Å². The molecule has 170 valence electrons.